The number of benzene rings is 1. The van der Waals surface area contributed by atoms with Crippen LogP contribution in [0, 0.1) is 0 Å². The normalized spacial score (nSPS) is 20.7. The molecule has 0 unspecified atom stereocenters. The van der Waals surface area contributed by atoms with E-state index >= 15 is 0 Å². The summed E-state index contributed by atoms with van der Waals surface area (Å²) in [7, 11) is 0. The van der Waals surface area contributed by atoms with Gasteiger partial charge in [0.15, 0.2) is 11.5 Å². The number of hydrogen-bond donors (Lipinski definition) is 2. The van der Waals surface area contributed by atoms with Crippen molar-refractivity contribution in [3.05, 3.63) is 23.8 Å². The predicted molar refractivity (Wildman–Crippen MR) is 76.6 cm³/mol. The Bertz CT molecular complexity index is 522. The minimum atomic E-state index is -3.22. The fraction of sp³-hybridized carbons (Fsp3) is 0.600. The third kappa shape index (κ3) is 3.02. The molecule has 1 aromatic rings. The first-order valence-corrected chi connectivity index (χ1v) is 7.45. The van der Waals surface area contributed by atoms with E-state index in [1.54, 1.807) is 23.1 Å². The van der Waals surface area contributed by atoms with E-state index in [1.165, 1.54) is 0 Å². The zero-order valence-corrected chi connectivity index (χ0v) is 12.2. The van der Waals surface area contributed by atoms with Crippen LogP contribution in [0.2, 0.25) is 0 Å². The first-order chi connectivity index (χ1) is 10.6. The van der Waals surface area contributed by atoms with Crippen LogP contribution in [-0.2, 0) is 0 Å². The molecule has 2 aliphatic heterocycles. The van der Waals surface area contributed by atoms with E-state index in [9.17, 15) is 8.78 Å². The molecule has 0 bridgehead atoms. The molecule has 0 aliphatic carbocycles. The third-order valence-electron chi connectivity index (χ3n) is 4.01. The summed E-state index contributed by atoms with van der Waals surface area (Å²) in [6.45, 7) is 2.01. The Labute approximate surface area is 127 Å². The maximum absolute atomic E-state index is 14.3. The standard InChI is InChI=1S/C15H20F2N2O3/c16-15(17,10-20)14(19-5-3-18-4-6-19)11-1-2-12-13(9-11)22-8-7-21-12/h1-2,9,14,18,20H,3-8,10H2/t14-/m0/s1. The third-order valence-corrected chi connectivity index (χ3v) is 4.01. The zero-order valence-electron chi connectivity index (χ0n) is 12.2. The molecule has 0 spiro atoms. The predicted octanol–water partition coefficient (Wildman–Crippen LogP) is 1.03. The van der Waals surface area contributed by atoms with Gasteiger partial charge in [-0.2, -0.15) is 0 Å². The topological polar surface area (TPSA) is 54.0 Å². The maximum Gasteiger partial charge on any atom is 0.289 e. The lowest BCUT2D eigenvalue weighted by Crippen LogP contribution is -2.51. The molecule has 5 nitrogen and oxygen atoms in total. The van der Waals surface area contributed by atoms with Gasteiger partial charge in [-0.25, -0.2) is 8.78 Å². The van der Waals surface area contributed by atoms with Gasteiger partial charge < -0.3 is 19.9 Å². The monoisotopic (exact) mass is 314 g/mol. The Morgan fingerprint density at radius 2 is 1.86 bits per heavy atom. The van der Waals surface area contributed by atoms with Crippen LogP contribution in [-0.4, -0.2) is 61.9 Å². The molecule has 22 heavy (non-hydrogen) atoms. The lowest BCUT2D eigenvalue weighted by atomic mass is 9.97. The molecule has 0 saturated carbocycles. The summed E-state index contributed by atoms with van der Waals surface area (Å²) in [6, 6.07) is 3.72. The minimum absolute atomic E-state index is 0.408. The molecule has 3 rings (SSSR count). The summed E-state index contributed by atoms with van der Waals surface area (Å²) in [5.74, 6) is -2.17. The molecule has 2 N–H and O–H groups in total. The summed E-state index contributed by atoms with van der Waals surface area (Å²) in [6.07, 6.45) is 0. The molecule has 122 valence electrons. The second-order valence-corrected chi connectivity index (χ2v) is 5.51. The summed E-state index contributed by atoms with van der Waals surface area (Å²) in [5.41, 5.74) is 0.435. The number of hydrogen-bond acceptors (Lipinski definition) is 5. The second kappa shape index (κ2) is 6.36. The number of ether oxygens (including phenoxy) is 2. The summed E-state index contributed by atoms with van der Waals surface area (Å²) < 4.78 is 39.6. The van der Waals surface area contributed by atoms with Crippen molar-refractivity contribution in [2.75, 3.05) is 46.0 Å². The lowest BCUT2D eigenvalue weighted by molar-refractivity contribution is -0.118. The molecule has 0 aromatic heterocycles. The Morgan fingerprint density at radius 1 is 1.18 bits per heavy atom. The van der Waals surface area contributed by atoms with Gasteiger partial charge in [0.1, 0.15) is 25.9 Å². The summed E-state index contributed by atoms with van der Waals surface area (Å²) in [5, 5.41) is 12.3. The van der Waals surface area contributed by atoms with Gasteiger partial charge >= 0.3 is 0 Å². The molecule has 0 radical (unpaired) electrons. The first kappa shape index (κ1) is 15.5. The average molecular weight is 314 g/mol. The van der Waals surface area contributed by atoms with Gasteiger partial charge in [0, 0.05) is 26.2 Å². The van der Waals surface area contributed by atoms with E-state index in [-0.39, 0.29) is 0 Å². The first-order valence-electron chi connectivity index (χ1n) is 7.45. The van der Waals surface area contributed by atoms with Gasteiger partial charge in [0.2, 0.25) is 0 Å². The van der Waals surface area contributed by atoms with Crippen LogP contribution in [0.25, 0.3) is 0 Å². The van der Waals surface area contributed by atoms with Gasteiger partial charge in [-0.05, 0) is 17.7 Å². The van der Waals surface area contributed by atoms with Crippen molar-refractivity contribution < 1.29 is 23.4 Å². The molecule has 1 fully saturated rings. The van der Waals surface area contributed by atoms with E-state index in [0.29, 0.717) is 56.5 Å². The molecule has 2 heterocycles. The van der Waals surface area contributed by atoms with Gasteiger partial charge in [0.05, 0.1) is 0 Å². The van der Waals surface area contributed by atoms with E-state index in [0.717, 1.165) is 0 Å². The van der Waals surface area contributed by atoms with Crippen LogP contribution in [0.4, 0.5) is 8.78 Å². The average Bonchev–Trinajstić information content (AvgIpc) is 2.56. The lowest BCUT2D eigenvalue weighted by Gasteiger charge is -2.39. The van der Waals surface area contributed by atoms with Gasteiger partial charge in [-0.15, -0.1) is 0 Å². The fourth-order valence-electron chi connectivity index (χ4n) is 2.98. The van der Waals surface area contributed by atoms with Crippen LogP contribution in [0.5, 0.6) is 11.5 Å². The van der Waals surface area contributed by atoms with E-state index in [1.807, 2.05) is 0 Å². The van der Waals surface area contributed by atoms with E-state index in [4.69, 9.17) is 14.6 Å². The van der Waals surface area contributed by atoms with Crippen LogP contribution >= 0.6 is 0 Å². The van der Waals surface area contributed by atoms with Crippen molar-refractivity contribution in [1.82, 2.24) is 10.2 Å². The van der Waals surface area contributed by atoms with E-state index < -0.39 is 18.6 Å². The van der Waals surface area contributed by atoms with Gasteiger partial charge in [-0.3, -0.25) is 4.90 Å². The quantitative estimate of drug-likeness (QED) is 0.869. The van der Waals surface area contributed by atoms with Crippen LogP contribution in [0.15, 0.2) is 18.2 Å². The number of rotatable bonds is 4. The molecule has 2 aliphatic rings. The highest BCUT2D eigenvalue weighted by Gasteiger charge is 2.44. The Morgan fingerprint density at radius 3 is 2.55 bits per heavy atom. The highest BCUT2D eigenvalue weighted by Crippen LogP contribution is 2.40. The summed E-state index contributed by atoms with van der Waals surface area (Å²) >= 11 is 0. The van der Waals surface area contributed by atoms with Crippen LogP contribution in [0.3, 0.4) is 0 Å². The number of nitrogens with zero attached hydrogens (tertiary/aromatic N) is 1. The Balaban J connectivity index is 1.94. The second-order valence-electron chi connectivity index (χ2n) is 5.51. The highest BCUT2D eigenvalue weighted by molar-refractivity contribution is 5.45. The van der Waals surface area contributed by atoms with Crippen molar-refractivity contribution in [3.8, 4) is 11.5 Å². The molecule has 7 heteroatoms. The van der Waals surface area contributed by atoms with E-state index in [2.05, 4.69) is 5.32 Å². The maximum atomic E-state index is 14.3. The molecular weight excluding hydrogens is 294 g/mol. The van der Waals surface area contributed by atoms with Crippen LogP contribution in [0.1, 0.15) is 11.6 Å². The van der Waals surface area contributed by atoms with Crippen molar-refractivity contribution in [2.45, 2.75) is 12.0 Å². The van der Waals surface area contributed by atoms with Crippen molar-refractivity contribution in [1.29, 1.82) is 0 Å². The number of nitrogens with one attached hydrogen (secondary N) is 1. The van der Waals surface area contributed by atoms with Crippen molar-refractivity contribution in [3.63, 3.8) is 0 Å². The number of halogens is 2. The number of fused-ring (bicyclic) bond motifs is 1. The molecule has 1 saturated heterocycles. The number of alkyl halides is 2. The largest absolute Gasteiger partial charge is 0.486 e. The summed E-state index contributed by atoms with van der Waals surface area (Å²) in [4.78, 5) is 1.71. The molecule has 0 amide bonds. The zero-order chi connectivity index (χ0) is 15.6. The number of aliphatic hydroxyl groups is 1. The Hall–Kier alpha value is -1.44. The minimum Gasteiger partial charge on any atom is -0.486 e. The number of piperazine rings is 1. The SMILES string of the molecule is OCC(F)(F)[C@H](c1ccc2c(c1)OCCO2)N1CCNCC1. The molecule has 1 aromatic carbocycles. The highest BCUT2D eigenvalue weighted by atomic mass is 19.3. The smallest absolute Gasteiger partial charge is 0.289 e. The molecule has 1 atom stereocenters. The van der Waals surface area contributed by atoms with Crippen molar-refractivity contribution >= 4 is 0 Å². The number of aliphatic hydroxyl groups excluding tert-OH is 1. The van der Waals surface area contributed by atoms with Gasteiger partial charge in [0.25, 0.3) is 5.92 Å². The Kier molecular flexibility index (Phi) is 4.46. The van der Waals surface area contributed by atoms with Crippen LogP contribution < -0.4 is 14.8 Å². The van der Waals surface area contributed by atoms with Crippen molar-refractivity contribution in [2.24, 2.45) is 0 Å². The fourth-order valence-corrected chi connectivity index (χ4v) is 2.98. The molecular formula is C15H20F2N2O3. The van der Waals surface area contributed by atoms with Gasteiger partial charge in [-0.1, -0.05) is 6.07 Å².